The van der Waals surface area contributed by atoms with Crippen molar-refractivity contribution in [3.8, 4) is 0 Å². The fourth-order valence-corrected chi connectivity index (χ4v) is 3.70. The predicted molar refractivity (Wildman–Crippen MR) is 84.7 cm³/mol. The summed E-state index contributed by atoms with van der Waals surface area (Å²) in [5.41, 5.74) is 7.12. The Labute approximate surface area is 125 Å². The summed E-state index contributed by atoms with van der Waals surface area (Å²) in [6.45, 7) is 0.928. The molecule has 0 amide bonds. The second-order valence-corrected chi connectivity index (χ2v) is 6.19. The molecule has 21 heavy (non-hydrogen) atoms. The van der Waals surface area contributed by atoms with Gasteiger partial charge in [0.1, 0.15) is 6.17 Å². The molecule has 2 heteroatoms. The Bertz CT molecular complexity index is 677. The maximum absolute atomic E-state index is 14.8. The average Bonchev–Trinajstić information content (AvgIpc) is 3.14. The molecule has 2 aliphatic rings. The van der Waals surface area contributed by atoms with Crippen molar-refractivity contribution in [1.82, 2.24) is 0 Å². The quantitative estimate of drug-likeness (QED) is 0.879. The Morgan fingerprint density at radius 3 is 2.86 bits per heavy atom. The summed E-state index contributed by atoms with van der Waals surface area (Å²) in [5.74, 6) is 0. The van der Waals surface area contributed by atoms with Crippen molar-refractivity contribution in [2.24, 2.45) is 0 Å². The van der Waals surface area contributed by atoms with Gasteiger partial charge in [-0.05, 0) is 47.9 Å². The fourth-order valence-electron chi connectivity index (χ4n) is 3.70. The molecule has 0 aromatic heterocycles. The molecular weight excluding hydrogens is 261 g/mol. The molecule has 1 atom stereocenters. The number of rotatable bonds is 3. The smallest absolute Gasteiger partial charge is 0.131 e. The van der Waals surface area contributed by atoms with Gasteiger partial charge in [-0.1, -0.05) is 36.4 Å². The number of hydrogen-bond donors (Lipinski definition) is 1. The maximum atomic E-state index is 14.8. The van der Waals surface area contributed by atoms with Gasteiger partial charge in [0.15, 0.2) is 0 Å². The molecule has 1 aliphatic carbocycles. The molecule has 0 bridgehead atoms. The Kier molecular flexibility index (Phi) is 3.17. The normalized spacial score (nSPS) is 17.2. The highest BCUT2D eigenvalue weighted by molar-refractivity contribution is 5.62. The highest BCUT2D eigenvalue weighted by atomic mass is 19.1. The van der Waals surface area contributed by atoms with E-state index in [1.165, 1.54) is 29.5 Å². The van der Waals surface area contributed by atoms with E-state index in [-0.39, 0.29) is 0 Å². The van der Waals surface area contributed by atoms with Crippen molar-refractivity contribution in [3.05, 3.63) is 64.2 Å². The van der Waals surface area contributed by atoms with E-state index < -0.39 is 6.17 Å². The average molecular weight is 281 g/mol. The molecule has 108 valence electrons. The van der Waals surface area contributed by atoms with Crippen LogP contribution in [0.25, 0.3) is 0 Å². The van der Waals surface area contributed by atoms with Crippen molar-refractivity contribution >= 4 is 5.69 Å². The number of fused-ring (bicyclic) bond motifs is 2. The zero-order chi connectivity index (χ0) is 14.2. The third-order valence-electron chi connectivity index (χ3n) is 4.79. The molecule has 1 nitrogen and oxygen atoms in total. The molecule has 0 radical (unpaired) electrons. The second kappa shape index (κ2) is 5.18. The molecule has 4 rings (SSSR count). The van der Waals surface area contributed by atoms with E-state index in [1.807, 2.05) is 12.1 Å². The number of nitrogens with one attached hydrogen (secondary N) is 1. The zero-order valence-electron chi connectivity index (χ0n) is 12.2. The van der Waals surface area contributed by atoms with Crippen LogP contribution in [0.4, 0.5) is 10.1 Å². The Morgan fingerprint density at radius 1 is 1.00 bits per heavy atom. The van der Waals surface area contributed by atoms with Gasteiger partial charge in [0.25, 0.3) is 0 Å². The SMILES string of the molecule is FC(Cc1ccc2c(c1)CCC2)c1cccc2c1NCC2. The van der Waals surface area contributed by atoms with E-state index in [4.69, 9.17) is 0 Å². The third kappa shape index (κ3) is 2.33. The first-order valence-electron chi connectivity index (χ1n) is 7.91. The minimum absolute atomic E-state index is 0.478. The van der Waals surface area contributed by atoms with Crippen LogP contribution in [-0.2, 0) is 25.7 Å². The van der Waals surface area contributed by atoms with Gasteiger partial charge in [-0.3, -0.25) is 0 Å². The lowest BCUT2D eigenvalue weighted by Gasteiger charge is -2.14. The first kappa shape index (κ1) is 12.9. The van der Waals surface area contributed by atoms with Crippen LogP contribution < -0.4 is 5.32 Å². The predicted octanol–water partition coefficient (Wildman–Crippen LogP) is 4.40. The van der Waals surface area contributed by atoms with Crippen molar-refractivity contribution in [3.63, 3.8) is 0 Å². The van der Waals surface area contributed by atoms with E-state index in [1.54, 1.807) is 0 Å². The van der Waals surface area contributed by atoms with E-state index in [0.29, 0.717) is 6.42 Å². The largest absolute Gasteiger partial charge is 0.384 e. The minimum atomic E-state index is -0.926. The summed E-state index contributed by atoms with van der Waals surface area (Å²) < 4.78 is 14.8. The molecule has 1 N–H and O–H groups in total. The first-order valence-corrected chi connectivity index (χ1v) is 7.91. The van der Waals surface area contributed by atoms with Gasteiger partial charge in [0.2, 0.25) is 0 Å². The van der Waals surface area contributed by atoms with Gasteiger partial charge in [-0.25, -0.2) is 4.39 Å². The lowest BCUT2D eigenvalue weighted by atomic mass is 9.97. The van der Waals surface area contributed by atoms with Gasteiger partial charge in [-0.2, -0.15) is 0 Å². The molecule has 2 aromatic rings. The molecule has 0 saturated heterocycles. The summed E-state index contributed by atoms with van der Waals surface area (Å²) >= 11 is 0. The summed E-state index contributed by atoms with van der Waals surface area (Å²) in [4.78, 5) is 0. The number of anilines is 1. The van der Waals surface area contributed by atoms with Gasteiger partial charge < -0.3 is 5.32 Å². The summed E-state index contributed by atoms with van der Waals surface area (Å²) in [5, 5.41) is 3.34. The van der Waals surface area contributed by atoms with Crippen LogP contribution in [-0.4, -0.2) is 6.54 Å². The molecular formula is C19H20FN. The monoisotopic (exact) mass is 281 g/mol. The first-order chi connectivity index (χ1) is 10.3. The minimum Gasteiger partial charge on any atom is -0.384 e. The number of benzene rings is 2. The van der Waals surface area contributed by atoms with Crippen LogP contribution in [0.1, 0.15) is 40.4 Å². The van der Waals surface area contributed by atoms with Crippen LogP contribution >= 0.6 is 0 Å². The topological polar surface area (TPSA) is 12.0 Å². The number of aryl methyl sites for hydroxylation is 2. The lowest BCUT2D eigenvalue weighted by Crippen LogP contribution is -2.02. The van der Waals surface area contributed by atoms with E-state index in [9.17, 15) is 4.39 Å². The van der Waals surface area contributed by atoms with Crippen LogP contribution in [0, 0.1) is 0 Å². The van der Waals surface area contributed by atoms with Crippen LogP contribution in [0.2, 0.25) is 0 Å². The summed E-state index contributed by atoms with van der Waals surface area (Å²) in [6.07, 6.45) is 4.14. The highest BCUT2D eigenvalue weighted by Gasteiger charge is 2.21. The van der Waals surface area contributed by atoms with E-state index in [0.717, 1.165) is 36.2 Å². The van der Waals surface area contributed by atoms with E-state index in [2.05, 4.69) is 29.6 Å². The number of hydrogen-bond acceptors (Lipinski definition) is 1. The summed E-state index contributed by atoms with van der Waals surface area (Å²) in [7, 11) is 0. The fraction of sp³-hybridized carbons (Fsp3) is 0.368. The second-order valence-electron chi connectivity index (χ2n) is 6.19. The zero-order valence-corrected chi connectivity index (χ0v) is 12.2. The molecule has 0 fully saturated rings. The van der Waals surface area contributed by atoms with Gasteiger partial charge in [-0.15, -0.1) is 0 Å². The van der Waals surface area contributed by atoms with Gasteiger partial charge >= 0.3 is 0 Å². The van der Waals surface area contributed by atoms with Crippen LogP contribution in [0.15, 0.2) is 36.4 Å². The highest BCUT2D eigenvalue weighted by Crippen LogP contribution is 2.35. The van der Waals surface area contributed by atoms with Gasteiger partial charge in [0.05, 0.1) is 0 Å². The molecule has 2 aromatic carbocycles. The molecule has 0 spiro atoms. The van der Waals surface area contributed by atoms with Crippen molar-refractivity contribution in [1.29, 1.82) is 0 Å². The number of alkyl halides is 1. The van der Waals surface area contributed by atoms with E-state index >= 15 is 0 Å². The molecule has 1 heterocycles. The Morgan fingerprint density at radius 2 is 1.90 bits per heavy atom. The van der Waals surface area contributed by atoms with Crippen molar-refractivity contribution in [2.45, 2.75) is 38.3 Å². The Balaban J connectivity index is 1.59. The van der Waals surface area contributed by atoms with Crippen LogP contribution in [0.3, 0.4) is 0 Å². The maximum Gasteiger partial charge on any atom is 0.131 e. The van der Waals surface area contributed by atoms with Crippen molar-refractivity contribution < 1.29 is 4.39 Å². The lowest BCUT2D eigenvalue weighted by molar-refractivity contribution is 0.343. The molecule has 1 aliphatic heterocycles. The van der Waals surface area contributed by atoms with Crippen molar-refractivity contribution in [2.75, 3.05) is 11.9 Å². The molecule has 0 saturated carbocycles. The third-order valence-corrected chi connectivity index (χ3v) is 4.79. The van der Waals surface area contributed by atoms with Gasteiger partial charge in [0, 0.05) is 24.2 Å². The molecule has 1 unspecified atom stereocenters. The summed E-state index contributed by atoms with van der Waals surface area (Å²) in [6, 6.07) is 12.5. The standard InChI is InChI=1S/C19H20FN/c20-18(17-6-2-4-15-9-10-21-19(15)17)12-13-7-8-14-3-1-5-16(14)11-13/h2,4,6-8,11,18,21H,1,3,5,9-10,12H2. The van der Waals surface area contributed by atoms with Crippen LogP contribution in [0.5, 0.6) is 0 Å². The number of halogens is 1. The Hall–Kier alpha value is -1.83. The number of para-hydroxylation sites is 1.